The van der Waals surface area contributed by atoms with Crippen LogP contribution >= 0.6 is 39.1 Å². The zero-order valence-electron chi connectivity index (χ0n) is 24.8. The molecule has 0 unspecified atom stereocenters. The third kappa shape index (κ3) is 14.1. The van der Waals surface area contributed by atoms with Gasteiger partial charge in [-0.25, -0.2) is 0 Å². The van der Waals surface area contributed by atoms with E-state index in [1.54, 1.807) is 24.3 Å². The Kier molecular flexibility index (Phi) is 14.4. The third-order valence-corrected chi connectivity index (χ3v) is 8.12. The van der Waals surface area contributed by atoms with Crippen LogP contribution in [-0.4, -0.2) is 33.3 Å². The van der Waals surface area contributed by atoms with Crippen molar-refractivity contribution < 1.29 is 10.0 Å². The molecule has 4 aromatic rings. The van der Waals surface area contributed by atoms with Crippen molar-refractivity contribution in [2.75, 3.05) is 0 Å². The zero-order chi connectivity index (χ0) is 31.3. The number of halogens is 3. The largest absolute Gasteiger partial charge is 0.488 e. The van der Waals surface area contributed by atoms with Crippen LogP contribution in [0.3, 0.4) is 0 Å². The molecule has 4 rings (SSSR count). The smallest absolute Gasteiger partial charge is 0.423 e. The van der Waals surface area contributed by atoms with Crippen LogP contribution in [0.5, 0.6) is 0 Å². The highest BCUT2D eigenvalue weighted by molar-refractivity contribution is 9.10. The van der Waals surface area contributed by atoms with Crippen molar-refractivity contribution in [2.24, 2.45) is 0 Å². The molecule has 0 atom stereocenters. The van der Waals surface area contributed by atoms with Gasteiger partial charge in [-0.1, -0.05) is 135 Å². The molecule has 0 aromatic heterocycles. The van der Waals surface area contributed by atoms with Crippen LogP contribution in [-0.2, 0) is 0 Å². The Morgan fingerprint density at radius 1 is 0.619 bits per heavy atom. The predicted molar refractivity (Wildman–Crippen MR) is 193 cm³/mol. The van der Waals surface area contributed by atoms with Crippen molar-refractivity contribution >= 4 is 67.9 Å². The van der Waals surface area contributed by atoms with Gasteiger partial charge in [0.15, 0.2) is 0 Å². The number of hydrogen-bond donors (Lipinski definition) is 2. The van der Waals surface area contributed by atoms with Crippen LogP contribution in [0.2, 0.25) is 49.3 Å². The van der Waals surface area contributed by atoms with Gasteiger partial charge in [0.05, 0.1) is 0 Å². The second-order valence-electron chi connectivity index (χ2n) is 11.5. The molecule has 0 aliphatic rings. The summed E-state index contributed by atoms with van der Waals surface area (Å²) in [5.74, 6) is 6.52. The van der Waals surface area contributed by atoms with Crippen LogP contribution in [0.15, 0.2) is 102 Å². The lowest BCUT2D eigenvalue weighted by molar-refractivity contribution is 0.426. The number of benzene rings is 4. The van der Waals surface area contributed by atoms with E-state index in [-0.39, 0.29) is 0 Å². The standard InChI is InChI=1S/C17H17ClSi.C11H12BrClSi.C6H7BO2/c1-19(2,3)12-11-15-9-10-16(18)13-17(15)14-7-5-4-6-8-14;1-14(2,3)7-6-9-4-5-10(13)8-11(9)12;8-7(9)6-4-2-1-3-5-6/h4-10,13H,1-3H3;4-5,8H,1-3H3;1-5,8-9H. The predicted octanol–water partition coefficient (Wildman–Crippen LogP) is 8.93. The Balaban J connectivity index is 0.000000235. The monoisotopic (exact) mass is 692 g/mol. The third-order valence-electron chi connectivity index (χ3n) is 5.24. The van der Waals surface area contributed by atoms with E-state index in [0.29, 0.717) is 5.46 Å². The van der Waals surface area contributed by atoms with Gasteiger partial charge in [-0.3, -0.25) is 0 Å². The summed E-state index contributed by atoms with van der Waals surface area (Å²) in [4.78, 5) is 0. The quantitative estimate of drug-likeness (QED) is 0.163. The van der Waals surface area contributed by atoms with Gasteiger partial charge < -0.3 is 10.0 Å². The molecular weight excluding hydrogens is 658 g/mol. The lowest BCUT2D eigenvalue weighted by atomic mass is 9.81. The lowest BCUT2D eigenvalue weighted by Crippen LogP contribution is -2.29. The summed E-state index contributed by atoms with van der Waals surface area (Å²) in [6.07, 6.45) is 0. The van der Waals surface area contributed by atoms with Gasteiger partial charge in [0.1, 0.15) is 16.1 Å². The molecule has 8 heteroatoms. The molecule has 0 aliphatic carbocycles. The zero-order valence-corrected chi connectivity index (χ0v) is 29.9. The van der Waals surface area contributed by atoms with Gasteiger partial charge in [-0.2, -0.15) is 0 Å². The van der Waals surface area contributed by atoms with Crippen molar-refractivity contribution in [3.63, 3.8) is 0 Å². The number of rotatable bonds is 2. The summed E-state index contributed by atoms with van der Waals surface area (Å²) in [5, 5.41) is 18.6. The summed E-state index contributed by atoms with van der Waals surface area (Å²) < 4.78 is 0.968. The van der Waals surface area contributed by atoms with Gasteiger partial charge in [0, 0.05) is 25.6 Å². The van der Waals surface area contributed by atoms with Crippen molar-refractivity contribution in [2.45, 2.75) is 39.3 Å². The summed E-state index contributed by atoms with van der Waals surface area (Å²) >= 11 is 15.4. The second-order valence-corrected chi connectivity index (χ2v) is 22.7. The fourth-order valence-corrected chi connectivity index (χ4v) is 5.18. The molecule has 0 fully saturated rings. The molecule has 216 valence electrons. The first-order valence-corrected chi connectivity index (χ1v) is 22.0. The van der Waals surface area contributed by atoms with Crippen LogP contribution in [0.1, 0.15) is 11.1 Å². The van der Waals surface area contributed by atoms with Crippen LogP contribution in [0.25, 0.3) is 11.1 Å². The van der Waals surface area contributed by atoms with E-state index in [1.165, 1.54) is 0 Å². The molecule has 0 saturated carbocycles. The molecule has 2 nitrogen and oxygen atoms in total. The van der Waals surface area contributed by atoms with Gasteiger partial charge >= 0.3 is 7.12 Å². The normalized spacial score (nSPS) is 10.4. The maximum atomic E-state index is 8.58. The minimum Gasteiger partial charge on any atom is -0.423 e. The van der Waals surface area contributed by atoms with Crippen molar-refractivity contribution in [1.82, 2.24) is 0 Å². The maximum absolute atomic E-state index is 8.58. The molecule has 0 saturated heterocycles. The SMILES string of the molecule is C[Si](C)(C)C#Cc1ccc(Cl)cc1-c1ccccc1.C[Si](C)(C)C#Cc1ccc(Cl)cc1Br.OB(O)c1ccccc1. The van der Waals surface area contributed by atoms with Crippen LogP contribution in [0, 0.1) is 22.9 Å². The Hall–Kier alpha value is -2.52. The summed E-state index contributed by atoms with van der Waals surface area (Å²) in [7, 11) is -4.00. The first-order valence-electron chi connectivity index (χ1n) is 13.4. The fourth-order valence-electron chi connectivity index (χ4n) is 3.21. The van der Waals surface area contributed by atoms with E-state index in [2.05, 4.69) is 90.3 Å². The van der Waals surface area contributed by atoms with Crippen LogP contribution in [0.4, 0.5) is 0 Å². The maximum Gasteiger partial charge on any atom is 0.488 e. The van der Waals surface area contributed by atoms with Gasteiger partial charge in [-0.05, 0) is 68.9 Å². The molecule has 42 heavy (non-hydrogen) atoms. The van der Waals surface area contributed by atoms with E-state index in [0.717, 1.165) is 36.8 Å². The number of hydrogen-bond acceptors (Lipinski definition) is 2. The molecule has 0 heterocycles. The average molecular weight is 694 g/mol. The van der Waals surface area contributed by atoms with Gasteiger partial charge in [0.2, 0.25) is 0 Å². The Morgan fingerprint density at radius 2 is 1.07 bits per heavy atom. The van der Waals surface area contributed by atoms with Crippen molar-refractivity contribution in [1.29, 1.82) is 0 Å². The first-order chi connectivity index (χ1) is 19.6. The molecule has 2 N–H and O–H groups in total. The molecule has 0 aliphatic heterocycles. The summed E-state index contributed by atoms with van der Waals surface area (Å²) in [6.45, 7) is 13.4. The fraction of sp³-hybridized carbons (Fsp3) is 0.176. The Bertz CT molecular complexity index is 1560. The lowest BCUT2D eigenvalue weighted by Gasteiger charge is -2.07. The van der Waals surface area contributed by atoms with Crippen molar-refractivity contribution in [3.8, 4) is 34.1 Å². The topological polar surface area (TPSA) is 40.5 Å². The molecular formula is C34H36BBrCl2O2Si2. The molecule has 4 aromatic carbocycles. The highest BCUT2D eigenvalue weighted by Crippen LogP contribution is 2.26. The molecule has 0 spiro atoms. The van der Waals surface area contributed by atoms with E-state index in [9.17, 15) is 0 Å². The summed E-state index contributed by atoms with van der Waals surface area (Å²) in [6, 6.07) is 30.5. The van der Waals surface area contributed by atoms with Crippen LogP contribution < -0.4 is 5.46 Å². The minimum absolute atomic E-state index is 0.525. The second kappa shape index (κ2) is 16.9. The molecule has 0 bridgehead atoms. The molecule has 0 radical (unpaired) electrons. The average Bonchev–Trinajstić information content (AvgIpc) is 2.92. The van der Waals surface area contributed by atoms with E-state index in [1.807, 2.05) is 60.7 Å². The summed E-state index contributed by atoms with van der Waals surface area (Å²) in [5.41, 5.74) is 11.6. The van der Waals surface area contributed by atoms with Gasteiger partial charge in [0.25, 0.3) is 0 Å². The highest BCUT2D eigenvalue weighted by Gasteiger charge is 2.10. The van der Waals surface area contributed by atoms with Crippen molar-refractivity contribution in [3.05, 3.63) is 123 Å². The first kappa shape index (κ1) is 35.7. The molecule has 0 amide bonds. The van der Waals surface area contributed by atoms with E-state index >= 15 is 0 Å². The highest BCUT2D eigenvalue weighted by atomic mass is 79.9. The minimum atomic E-state index is -1.37. The van der Waals surface area contributed by atoms with E-state index in [4.69, 9.17) is 33.2 Å². The Labute approximate surface area is 272 Å². The van der Waals surface area contributed by atoms with Gasteiger partial charge in [-0.15, -0.1) is 11.1 Å². The Morgan fingerprint density at radius 3 is 1.52 bits per heavy atom. The van der Waals surface area contributed by atoms with E-state index < -0.39 is 23.3 Å².